The number of halogens is 3. The average Bonchev–Trinajstić information content (AvgIpc) is 2.50. The number of rotatable bonds is 11. The summed E-state index contributed by atoms with van der Waals surface area (Å²) in [7, 11) is 0. The van der Waals surface area contributed by atoms with Gasteiger partial charge in [-0.3, -0.25) is 9.59 Å². The number of amides is 1. The maximum atomic E-state index is 12.3. The van der Waals surface area contributed by atoms with Crippen molar-refractivity contribution in [3.8, 4) is 0 Å². The van der Waals surface area contributed by atoms with Gasteiger partial charge in [0.25, 0.3) is 0 Å². The Morgan fingerprint density at radius 3 is 2.04 bits per heavy atom. The van der Waals surface area contributed by atoms with Crippen LogP contribution in [0.25, 0.3) is 0 Å². The first-order chi connectivity index (χ1) is 11.2. The molecule has 0 aliphatic heterocycles. The van der Waals surface area contributed by atoms with Gasteiger partial charge < -0.3 is 14.8 Å². The van der Waals surface area contributed by atoms with Gasteiger partial charge in [-0.05, 0) is 19.3 Å². The maximum absolute atomic E-state index is 12.3. The number of hydrogen-bond donors (Lipinski definition) is 1. The lowest BCUT2D eigenvalue weighted by molar-refractivity contribution is -0.176. The first-order valence-corrected chi connectivity index (χ1v) is 7.92. The third-order valence-corrected chi connectivity index (χ3v) is 2.99. The van der Waals surface area contributed by atoms with Crippen LogP contribution in [0.15, 0.2) is 0 Å². The summed E-state index contributed by atoms with van der Waals surface area (Å²) in [4.78, 5) is 34.3. The standard InChI is InChI=1S/C15H24F3NO5/c1-3-5-9-23-12(20)8-7-11(13(21)24-10-6-4-2)19-14(22)15(16,17)18/h11H,3-10H2,1-2H3,(H,19,22). The first-order valence-electron chi connectivity index (χ1n) is 7.92. The number of alkyl halides is 3. The Balaban J connectivity index is 4.59. The van der Waals surface area contributed by atoms with Crippen LogP contribution in [0.4, 0.5) is 13.2 Å². The quantitative estimate of drug-likeness (QED) is 0.455. The second kappa shape index (κ2) is 11.7. The smallest absolute Gasteiger partial charge is 0.466 e. The average molecular weight is 355 g/mol. The molecule has 0 aliphatic rings. The second-order valence-electron chi connectivity index (χ2n) is 5.16. The van der Waals surface area contributed by atoms with E-state index in [-0.39, 0.29) is 26.1 Å². The normalized spacial score (nSPS) is 12.4. The number of ether oxygens (including phenoxy) is 2. The highest BCUT2D eigenvalue weighted by Gasteiger charge is 2.41. The van der Waals surface area contributed by atoms with Gasteiger partial charge in [0, 0.05) is 6.42 Å². The fourth-order valence-corrected chi connectivity index (χ4v) is 1.57. The van der Waals surface area contributed by atoms with Crippen LogP contribution in [0.2, 0.25) is 0 Å². The lowest BCUT2D eigenvalue weighted by atomic mass is 10.1. The SMILES string of the molecule is CCCCOC(=O)CCC(NC(=O)C(F)(F)F)C(=O)OCCCC. The van der Waals surface area contributed by atoms with Crippen LogP contribution in [0.1, 0.15) is 52.4 Å². The van der Waals surface area contributed by atoms with E-state index in [2.05, 4.69) is 0 Å². The van der Waals surface area contributed by atoms with E-state index in [0.717, 1.165) is 12.8 Å². The molecule has 9 heteroatoms. The van der Waals surface area contributed by atoms with Crippen LogP contribution in [0, 0.1) is 0 Å². The Bertz CT molecular complexity index is 412. The molecule has 1 N–H and O–H groups in total. The molecule has 0 aromatic carbocycles. The van der Waals surface area contributed by atoms with Crippen LogP contribution in [0.3, 0.4) is 0 Å². The van der Waals surface area contributed by atoms with Crippen molar-refractivity contribution in [3.63, 3.8) is 0 Å². The Morgan fingerprint density at radius 1 is 1.00 bits per heavy atom. The van der Waals surface area contributed by atoms with Crippen LogP contribution >= 0.6 is 0 Å². The van der Waals surface area contributed by atoms with Crippen molar-refractivity contribution in [2.24, 2.45) is 0 Å². The Hall–Kier alpha value is -1.80. The molecule has 0 heterocycles. The van der Waals surface area contributed by atoms with Crippen molar-refractivity contribution in [2.75, 3.05) is 13.2 Å². The minimum absolute atomic E-state index is 0.0364. The third kappa shape index (κ3) is 10.1. The fourth-order valence-electron chi connectivity index (χ4n) is 1.57. The van der Waals surface area contributed by atoms with E-state index in [4.69, 9.17) is 9.47 Å². The Kier molecular flexibility index (Phi) is 10.8. The minimum Gasteiger partial charge on any atom is -0.466 e. The van der Waals surface area contributed by atoms with Gasteiger partial charge in [0.05, 0.1) is 13.2 Å². The Morgan fingerprint density at radius 2 is 1.54 bits per heavy atom. The van der Waals surface area contributed by atoms with Gasteiger partial charge >= 0.3 is 24.0 Å². The van der Waals surface area contributed by atoms with Gasteiger partial charge in [0.15, 0.2) is 0 Å². The molecule has 0 aromatic heterocycles. The number of esters is 2. The summed E-state index contributed by atoms with van der Waals surface area (Å²) in [5.41, 5.74) is 0. The van der Waals surface area contributed by atoms with Crippen LogP contribution < -0.4 is 5.32 Å². The van der Waals surface area contributed by atoms with Crippen LogP contribution in [-0.2, 0) is 23.9 Å². The summed E-state index contributed by atoms with van der Waals surface area (Å²) >= 11 is 0. The van der Waals surface area contributed by atoms with Crippen molar-refractivity contribution < 1.29 is 37.0 Å². The summed E-state index contributed by atoms with van der Waals surface area (Å²) in [6.45, 7) is 4.00. The molecule has 0 saturated carbocycles. The molecular weight excluding hydrogens is 331 g/mol. The van der Waals surface area contributed by atoms with Gasteiger partial charge in [-0.2, -0.15) is 13.2 Å². The van der Waals surface area contributed by atoms with Crippen molar-refractivity contribution >= 4 is 17.8 Å². The molecule has 0 aliphatic carbocycles. The zero-order valence-electron chi connectivity index (χ0n) is 13.9. The molecule has 1 atom stereocenters. The number of unbranched alkanes of at least 4 members (excludes halogenated alkanes) is 2. The topological polar surface area (TPSA) is 81.7 Å². The molecule has 0 aromatic rings. The van der Waals surface area contributed by atoms with Gasteiger partial charge in [0.2, 0.25) is 0 Å². The highest BCUT2D eigenvalue weighted by Crippen LogP contribution is 2.15. The fraction of sp³-hybridized carbons (Fsp3) is 0.800. The summed E-state index contributed by atoms with van der Waals surface area (Å²) in [6, 6.07) is -1.55. The molecule has 24 heavy (non-hydrogen) atoms. The summed E-state index contributed by atoms with van der Waals surface area (Å²) < 4.78 is 46.7. The predicted octanol–water partition coefficient (Wildman–Crippen LogP) is 2.50. The molecule has 6 nitrogen and oxygen atoms in total. The molecule has 0 radical (unpaired) electrons. The first kappa shape index (κ1) is 22.2. The van der Waals surface area contributed by atoms with Gasteiger partial charge in [0.1, 0.15) is 6.04 Å². The summed E-state index contributed by atoms with van der Waals surface area (Å²) in [6.07, 6.45) is -2.97. The molecule has 140 valence electrons. The number of carbonyl (C=O) groups excluding carboxylic acids is 3. The van der Waals surface area contributed by atoms with Crippen molar-refractivity contribution in [1.82, 2.24) is 5.32 Å². The molecule has 0 spiro atoms. The number of carbonyl (C=O) groups is 3. The van der Waals surface area contributed by atoms with Crippen molar-refractivity contribution in [1.29, 1.82) is 0 Å². The van der Waals surface area contributed by atoms with Gasteiger partial charge in [-0.25, -0.2) is 4.79 Å². The Labute approximate surface area is 139 Å². The molecular formula is C15H24F3NO5. The molecule has 1 unspecified atom stereocenters. The van der Waals surface area contributed by atoms with Crippen molar-refractivity contribution in [2.45, 2.75) is 64.6 Å². The van der Waals surface area contributed by atoms with E-state index in [1.165, 1.54) is 0 Å². The lowest BCUT2D eigenvalue weighted by Gasteiger charge is -2.18. The number of nitrogens with one attached hydrogen (secondary N) is 1. The monoisotopic (exact) mass is 355 g/mol. The molecule has 0 fully saturated rings. The highest BCUT2D eigenvalue weighted by atomic mass is 19.4. The van der Waals surface area contributed by atoms with E-state index < -0.39 is 30.1 Å². The van der Waals surface area contributed by atoms with Crippen molar-refractivity contribution in [3.05, 3.63) is 0 Å². The zero-order chi connectivity index (χ0) is 18.6. The van der Waals surface area contributed by atoms with Gasteiger partial charge in [-0.15, -0.1) is 0 Å². The summed E-state index contributed by atoms with van der Waals surface area (Å²) in [5.74, 6) is -3.89. The minimum atomic E-state index is -5.12. The van der Waals surface area contributed by atoms with Crippen LogP contribution in [-0.4, -0.2) is 43.3 Å². The molecule has 1 amide bonds. The zero-order valence-corrected chi connectivity index (χ0v) is 13.9. The predicted molar refractivity (Wildman–Crippen MR) is 79.0 cm³/mol. The molecule has 0 saturated heterocycles. The lowest BCUT2D eigenvalue weighted by Crippen LogP contribution is -2.47. The molecule has 0 rings (SSSR count). The van der Waals surface area contributed by atoms with Gasteiger partial charge in [-0.1, -0.05) is 26.7 Å². The van der Waals surface area contributed by atoms with Crippen LogP contribution in [0.5, 0.6) is 0 Å². The van der Waals surface area contributed by atoms with E-state index in [1.54, 1.807) is 5.32 Å². The summed E-state index contributed by atoms with van der Waals surface area (Å²) in [5, 5.41) is 1.56. The third-order valence-electron chi connectivity index (χ3n) is 2.99. The van der Waals surface area contributed by atoms with E-state index in [9.17, 15) is 27.6 Å². The maximum Gasteiger partial charge on any atom is 0.471 e. The molecule has 0 bridgehead atoms. The van der Waals surface area contributed by atoms with E-state index in [1.807, 2.05) is 13.8 Å². The largest absolute Gasteiger partial charge is 0.471 e. The number of hydrogen-bond acceptors (Lipinski definition) is 5. The van der Waals surface area contributed by atoms with E-state index >= 15 is 0 Å². The van der Waals surface area contributed by atoms with E-state index in [0.29, 0.717) is 12.8 Å². The highest BCUT2D eigenvalue weighted by molar-refractivity contribution is 5.87. The second-order valence-corrected chi connectivity index (χ2v) is 5.16.